The van der Waals surface area contributed by atoms with Gasteiger partial charge in [-0.1, -0.05) is 6.07 Å². The summed E-state index contributed by atoms with van der Waals surface area (Å²) >= 11 is 0. The summed E-state index contributed by atoms with van der Waals surface area (Å²) in [5, 5.41) is 0. The maximum absolute atomic E-state index is 12.2. The Hall–Kier alpha value is -1.62. The molecule has 5 heteroatoms. The van der Waals surface area contributed by atoms with Gasteiger partial charge in [0.2, 0.25) is 5.91 Å². The molecular formula is C14H20N2O3. The maximum atomic E-state index is 12.2. The van der Waals surface area contributed by atoms with Crippen LogP contribution in [0, 0.1) is 6.92 Å². The third-order valence-corrected chi connectivity index (χ3v) is 3.29. The van der Waals surface area contributed by atoms with E-state index in [0.717, 1.165) is 0 Å². The quantitative estimate of drug-likeness (QED) is 0.793. The van der Waals surface area contributed by atoms with Gasteiger partial charge < -0.3 is 14.2 Å². The zero-order valence-corrected chi connectivity index (χ0v) is 11.6. The van der Waals surface area contributed by atoms with Gasteiger partial charge in [-0.05, 0) is 26.8 Å². The highest BCUT2D eigenvalue weighted by Crippen LogP contribution is 2.11. The number of ether oxygens (including phenoxy) is 1. The summed E-state index contributed by atoms with van der Waals surface area (Å²) in [4.78, 5) is 25.9. The topological polar surface area (TPSA) is 51.5 Å². The molecule has 19 heavy (non-hydrogen) atoms. The zero-order valence-electron chi connectivity index (χ0n) is 11.6. The van der Waals surface area contributed by atoms with Crippen LogP contribution in [0.4, 0.5) is 0 Å². The lowest BCUT2D eigenvalue weighted by Crippen LogP contribution is -2.49. The maximum Gasteiger partial charge on any atom is 0.253 e. The predicted octanol–water partition coefficient (Wildman–Crippen LogP) is 0.793. The predicted molar refractivity (Wildman–Crippen MR) is 72.0 cm³/mol. The molecule has 2 atom stereocenters. The van der Waals surface area contributed by atoms with Gasteiger partial charge in [-0.15, -0.1) is 0 Å². The highest BCUT2D eigenvalue weighted by molar-refractivity contribution is 5.76. The van der Waals surface area contributed by atoms with E-state index in [1.54, 1.807) is 30.2 Å². The van der Waals surface area contributed by atoms with E-state index in [1.165, 1.54) is 4.57 Å². The molecule has 1 amide bonds. The molecule has 5 nitrogen and oxygen atoms in total. The van der Waals surface area contributed by atoms with Crippen molar-refractivity contribution in [3.63, 3.8) is 0 Å². The minimum atomic E-state index is -0.106. The van der Waals surface area contributed by atoms with Crippen molar-refractivity contribution < 1.29 is 9.53 Å². The van der Waals surface area contributed by atoms with Crippen LogP contribution >= 0.6 is 0 Å². The number of carbonyl (C=O) groups is 1. The summed E-state index contributed by atoms with van der Waals surface area (Å²) < 4.78 is 7.06. The average Bonchev–Trinajstić information content (AvgIpc) is 2.33. The molecule has 0 aromatic carbocycles. The molecule has 1 aromatic rings. The normalized spacial score (nSPS) is 23.4. The summed E-state index contributed by atoms with van der Waals surface area (Å²) in [6.45, 7) is 6.93. The van der Waals surface area contributed by atoms with Gasteiger partial charge in [-0.3, -0.25) is 9.59 Å². The number of carbonyl (C=O) groups excluding carboxylic acids is 1. The van der Waals surface area contributed by atoms with Crippen molar-refractivity contribution in [1.82, 2.24) is 9.47 Å². The highest BCUT2D eigenvalue weighted by Gasteiger charge is 2.25. The lowest BCUT2D eigenvalue weighted by Gasteiger charge is -2.35. The van der Waals surface area contributed by atoms with E-state index in [-0.39, 0.29) is 30.2 Å². The van der Waals surface area contributed by atoms with Crippen molar-refractivity contribution in [3.05, 3.63) is 34.2 Å². The van der Waals surface area contributed by atoms with Crippen LogP contribution in [-0.2, 0) is 16.1 Å². The van der Waals surface area contributed by atoms with Crippen molar-refractivity contribution in [2.24, 2.45) is 0 Å². The van der Waals surface area contributed by atoms with E-state index in [0.29, 0.717) is 18.7 Å². The SMILES string of the molecule is Cc1cccn(CC(=O)N2C[C@@H](C)O[C@@H](C)C2)c1=O. The largest absolute Gasteiger partial charge is 0.372 e. The molecule has 0 unspecified atom stereocenters. The molecule has 0 spiro atoms. The first-order valence-corrected chi connectivity index (χ1v) is 6.56. The number of aryl methyl sites for hydroxylation is 1. The van der Waals surface area contributed by atoms with Gasteiger partial charge in [0.1, 0.15) is 6.54 Å². The molecule has 1 aromatic heterocycles. The molecule has 2 rings (SSSR count). The van der Waals surface area contributed by atoms with E-state index in [1.807, 2.05) is 13.8 Å². The van der Waals surface area contributed by atoms with Crippen LogP contribution in [0.3, 0.4) is 0 Å². The van der Waals surface area contributed by atoms with Gasteiger partial charge in [0.15, 0.2) is 0 Å². The molecule has 0 radical (unpaired) electrons. The van der Waals surface area contributed by atoms with Crippen LogP contribution in [0.5, 0.6) is 0 Å². The van der Waals surface area contributed by atoms with Gasteiger partial charge in [0.05, 0.1) is 12.2 Å². The molecule has 1 aliphatic rings. The summed E-state index contributed by atoms with van der Waals surface area (Å²) in [5.74, 6) is -0.0327. The third kappa shape index (κ3) is 3.23. The molecule has 104 valence electrons. The fourth-order valence-electron chi connectivity index (χ4n) is 2.41. The van der Waals surface area contributed by atoms with Crippen molar-refractivity contribution in [2.45, 2.75) is 39.5 Å². The number of morpholine rings is 1. The fourth-order valence-corrected chi connectivity index (χ4v) is 2.41. The van der Waals surface area contributed by atoms with Crippen molar-refractivity contribution in [3.8, 4) is 0 Å². The van der Waals surface area contributed by atoms with Crippen LogP contribution in [0.1, 0.15) is 19.4 Å². The molecule has 0 bridgehead atoms. The molecule has 1 saturated heterocycles. The second kappa shape index (κ2) is 5.57. The standard InChI is InChI=1S/C14H20N2O3/c1-10-5-4-6-15(14(10)18)9-13(17)16-7-11(2)19-12(3)8-16/h4-6,11-12H,7-9H2,1-3H3/t11-,12+. The van der Waals surface area contributed by atoms with Crippen LogP contribution in [-0.4, -0.2) is 40.7 Å². The number of rotatable bonds is 2. The molecule has 0 aliphatic carbocycles. The smallest absolute Gasteiger partial charge is 0.253 e. The Morgan fingerprint density at radius 3 is 2.63 bits per heavy atom. The molecule has 2 heterocycles. The Labute approximate surface area is 112 Å². The average molecular weight is 264 g/mol. The first-order chi connectivity index (χ1) is 8.97. The van der Waals surface area contributed by atoms with E-state index >= 15 is 0 Å². The summed E-state index contributed by atoms with van der Waals surface area (Å²) in [6.07, 6.45) is 1.74. The summed E-state index contributed by atoms with van der Waals surface area (Å²) in [6, 6.07) is 3.54. The number of nitrogens with zero attached hydrogens (tertiary/aromatic N) is 2. The van der Waals surface area contributed by atoms with Crippen LogP contribution in [0.15, 0.2) is 23.1 Å². The molecule has 1 aliphatic heterocycles. The van der Waals surface area contributed by atoms with Gasteiger partial charge in [-0.2, -0.15) is 0 Å². The number of hydrogen-bond donors (Lipinski definition) is 0. The van der Waals surface area contributed by atoms with Gasteiger partial charge in [0, 0.05) is 24.8 Å². The Morgan fingerprint density at radius 1 is 1.37 bits per heavy atom. The molecular weight excluding hydrogens is 244 g/mol. The Kier molecular flexibility index (Phi) is 4.04. The van der Waals surface area contributed by atoms with E-state index in [4.69, 9.17) is 4.74 Å². The Morgan fingerprint density at radius 2 is 2.00 bits per heavy atom. The molecule has 0 saturated carbocycles. The summed E-state index contributed by atoms with van der Waals surface area (Å²) in [5.41, 5.74) is 0.546. The first-order valence-electron chi connectivity index (χ1n) is 6.56. The second-order valence-electron chi connectivity index (χ2n) is 5.18. The third-order valence-electron chi connectivity index (χ3n) is 3.29. The van der Waals surface area contributed by atoms with Crippen molar-refractivity contribution in [1.29, 1.82) is 0 Å². The highest BCUT2D eigenvalue weighted by atomic mass is 16.5. The lowest BCUT2D eigenvalue weighted by molar-refractivity contribution is -0.143. The minimum absolute atomic E-state index is 0.0327. The fraction of sp³-hybridized carbons (Fsp3) is 0.571. The Balaban J connectivity index is 2.08. The number of amides is 1. The molecule has 1 fully saturated rings. The van der Waals surface area contributed by atoms with Crippen LogP contribution in [0.25, 0.3) is 0 Å². The number of pyridine rings is 1. The first kappa shape index (κ1) is 13.8. The summed E-state index contributed by atoms with van der Waals surface area (Å²) in [7, 11) is 0. The zero-order chi connectivity index (χ0) is 14.0. The van der Waals surface area contributed by atoms with Crippen LogP contribution in [0.2, 0.25) is 0 Å². The van der Waals surface area contributed by atoms with E-state index in [9.17, 15) is 9.59 Å². The van der Waals surface area contributed by atoms with E-state index < -0.39 is 0 Å². The monoisotopic (exact) mass is 264 g/mol. The second-order valence-corrected chi connectivity index (χ2v) is 5.18. The van der Waals surface area contributed by atoms with Crippen molar-refractivity contribution in [2.75, 3.05) is 13.1 Å². The minimum Gasteiger partial charge on any atom is -0.372 e. The number of aromatic nitrogens is 1. The lowest BCUT2D eigenvalue weighted by atomic mass is 10.2. The number of hydrogen-bond acceptors (Lipinski definition) is 3. The molecule has 0 N–H and O–H groups in total. The van der Waals surface area contributed by atoms with Crippen LogP contribution < -0.4 is 5.56 Å². The van der Waals surface area contributed by atoms with E-state index in [2.05, 4.69) is 0 Å². The van der Waals surface area contributed by atoms with Crippen molar-refractivity contribution >= 4 is 5.91 Å². The van der Waals surface area contributed by atoms with Gasteiger partial charge >= 0.3 is 0 Å². The Bertz CT molecular complexity index is 514. The van der Waals surface area contributed by atoms with Gasteiger partial charge in [-0.25, -0.2) is 0 Å². The van der Waals surface area contributed by atoms with Gasteiger partial charge in [0.25, 0.3) is 5.56 Å².